The highest BCUT2D eigenvalue weighted by atomic mass is 16.5. The second kappa shape index (κ2) is 17.1. The molecular weight excluding hydrogens is 524 g/mol. The standard InChI is InChI=1S/C41H46O2/c1-3-5-6-7-8-9-10-11-24-33-43-40(42)39(38(34-25-16-12-17-26-34)35-27-18-13-19-28-35)41(4-2,36-29-20-14-21-30-36)37-31-22-15-23-32-37/h4,12-23,25-32H,2-3,5-11,24,33H2,1H3. The average Bonchev–Trinajstić information content (AvgIpc) is 3.07. The van der Waals surface area contributed by atoms with E-state index < -0.39 is 5.41 Å². The van der Waals surface area contributed by atoms with Crippen molar-refractivity contribution in [2.24, 2.45) is 0 Å². The molecule has 0 atom stereocenters. The number of carbonyl (C=O) groups is 1. The molecule has 2 heteroatoms. The Labute approximate surface area is 259 Å². The van der Waals surface area contributed by atoms with Crippen LogP contribution in [0.15, 0.2) is 140 Å². The van der Waals surface area contributed by atoms with Crippen LogP contribution in [0.25, 0.3) is 5.57 Å². The lowest BCUT2D eigenvalue weighted by molar-refractivity contribution is -0.139. The van der Waals surface area contributed by atoms with Gasteiger partial charge in [0.05, 0.1) is 17.6 Å². The van der Waals surface area contributed by atoms with Gasteiger partial charge in [-0.15, -0.1) is 6.58 Å². The summed E-state index contributed by atoms with van der Waals surface area (Å²) in [6.07, 6.45) is 12.8. The zero-order chi connectivity index (χ0) is 30.2. The van der Waals surface area contributed by atoms with Crippen LogP contribution in [0, 0.1) is 0 Å². The Balaban J connectivity index is 1.77. The first-order valence-corrected chi connectivity index (χ1v) is 16.0. The number of ether oxygens (including phenoxy) is 1. The molecule has 0 aliphatic rings. The quantitative estimate of drug-likeness (QED) is 0.0546. The van der Waals surface area contributed by atoms with E-state index in [2.05, 4.69) is 62.0 Å². The Morgan fingerprint density at radius 2 is 1.00 bits per heavy atom. The molecule has 0 fully saturated rings. The average molecular weight is 571 g/mol. The summed E-state index contributed by atoms with van der Waals surface area (Å²) < 4.78 is 6.19. The van der Waals surface area contributed by atoms with Crippen molar-refractivity contribution in [3.63, 3.8) is 0 Å². The van der Waals surface area contributed by atoms with Crippen LogP contribution >= 0.6 is 0 Å². The second-order valence-electron chi connectivity index (χ2n) is 11.2. The molecule has 0 unspecified atom stereocenters. The van der Waals surface area contributed by atoms with Gasteiger partial charge in [-0.3, -0.25) is 0 Å². The van der Waals surface area contributed by atoms with Crippen molar-refractivity contribution in [1.82, 2.24) is 0 Å². The largest absolute Gasteiger partial charge is 0.462 e. The number of hydrogen-bond acceptors (Lipinski definition) is 2. The molecule has 0 saturated heterocycles. The zero-order valence-electron chi connectivity index (χ0n) is 25.7. The van der Waals surface area contributed by atoms with Crippen molar-refractivity contribution in [1.29, 1.82) is 0 Å². The summed E-state index contributed by atoms with van der Waals surface area (Å²) in [4.78, 5) is 14.6. The third-order valence-corrected chi connectivity index (χ3v) is 8.22. The molecule has 0 N–H and O–H groups in total. The molecule has 0 radical (unpaired) electrons. The van der Waals surface area contributed by atoms with E-state index >= 15 is 0 Å². The number of esters is 1. The Hall–Kier alpha value is -4.17. The fourth-order valence-electron chi connectivity index (χ4n) is 5.97. The first kappa shape index (κ1) is 31.8. The second-order valence-corrected chi connectivity index (χ2v) is 11.2. The molecule has 43 heavy (non-hydrogen) atoms. The summed E-state index contributed by atoms with van der Waals surface area (Å²) in [5, 5.41) is 0. The normalized spacial score (nSPS) is 11.1. The van der Waals surface area contributed by atoms with Crippen LogP contribution in [0.1, 0.15) is 87.0 Å². The molecule has 0 bridgehead atoms. The Bertz CT molecular complexity index is 1330. The third kappa shape index (κ3) is 8.23. The molecule has 0 amide bonds. The lowest BCUT2D eigenvalue weighted by Gasteiger charge is -2.35. The molecule has 4 aromatic carbocycles. The predicted molar refractivity (Wildman–Crippen MR) is 181 cm³/mol. The molecular formula is C41H46O2. The summed E-state index contributed by atoms with van der Waals surface area (Å²) in [6, 6.07) is 40.8. The van der Waals surface area contributed by atoms with Gasteiger partial charge in [0.2, 0.25) is 0 Å². The fraction of sp³-hybridized carbons (Fsp3) is 0.293. The van der Waals surface area contributed by atoms with E-state index in [1.165, 1.54) is 44.9 Å². The number of benzene rings is 4. The van der Waals surface area contributed by atoms with E-state index in [1.54, 1.807) is 0 Å². The predicted octanol–water partition coefficient (Wildman–Crippen LogP) is 10.7. The van der Waals surface area contributed by atoms with Gasteiger partial charge in [0.15, 0.2) is 0 Å². The van der Waals surface area contributed by atoms with Crippen LogP contribution < -0.4 is 0 Å². The monoisotopic (exact) mass is 570 g/mol. The first-order chi connectivity index (χ1) is 21.2. The zero-order valence-corrected chi connectivity index (χ0v) is 25.7. The van der Waals surface area contributed by atoms with E-state index in [4.69, 9.17) is 4.74 Å². The van der Waals surface area contributed by atoms with Crippen molar-refractivity contribution in [3.8, 4) is 0 Å². The number of carbonyl (C=O) groups excluding carboxylic acids is 1. The fourth-order valence-corrected chi connectivity index (χ4v) is 5.97. The molecule has 0 aliphatic carbocycles. The smallest absolute Gasteiger partial charge is 0.336 e. The van der Waals surface area contributed by atoms with Crippen LogP contribution in [0.3, 0.4) is 0 Å². The molecule has 4 rings (SSSR count). The van der Waals surface area contributed by atoms with E-state index in [1.807, 2.05) is 78.9 Å². The number of unbranched alkanes of at least 4 members (excludes halogenated alkanes) is 8. The minimum absolute atomic E-state index is 0.310. The van der Waals surface area contributed by atoms with Gasteiger partial charge in [-0.05, 0) is 28.7 Å². The van der Waals surface area contributed by atoms with Gasteiger partial charge >= 0.3 is 5.97 Å². The van der Waals surface area contributed by atoms with Gasteiger partial charge < -0.3 is 4.74 Å². The number of allylic oxidation sites excluding steroid dienone is 1. The van der Waals surface area contributed by atoms with Gasteiger partial charge in [0.1, 0.15) is 0 Å². The van der Waals surface area contributed by atoms with Gasteiger partial charge in [0, 0.05) is 5.57 Å². The van der Waals surface area contributed by atoms with Gasteiger partial charge in [-0.2, -0.15) is 0 Å². The molecule has 4 aromatic rings. The summed E-state index contributed by atoms with van der Waals surface area (Å²) in [7, 11) is 0. The Morgan fingerprint density at radius 3 is 1.42 bits per heavy atom. The van der Waals surface area contributed by atoms with Crippen LogP contribution in [-0.4, -0.2) is 12.6 Å². The number of hydrogen-bond donors (Lipinski definition) is 0. The van der Waals surface area contributed by atoms with Crippen LogP contribution in [-0.2, 0) is 14.9 Å². The first-order valence-electron chi connectivity index (χ1n) is 16.0. The van der Waals surface area contributed by atoms with E-state index in [0.717, 1.165) is 40.7 Å². The highest BCUT2D eigenvalue weighted by Crippen LogP contribution is 2.46. The highest BCUT2D eigenvalue weighted by Gasteiger charge is 2.42. The molecule has 0 aliphatic heterocycles. The minimum Gasteiger partial charge on any atom is -0.462 e. The molecule has 0 heterocycles. The lowest BCUT2D eigenvalue weighted by Crippen LogP contribution is -2.34. The minimum atomic E-state index is -0.945. The van der Waals surface area contributed by atoms with E-state index in [9.17, 15) is 4.79 Å². The van der Waals surface area contributed by atoms with Crippen LogP contribution in [0.5, 0.6) is 0 Å². The van der Waals surface area contributed by atoms with E-state index in [-0.39, 0.29) is 5.97 Å². The number of rotatable bonds is 17. The van der Waals surface area contributed by atoms with Crippen LogP contribution in [0.2, 0.25) is 0 Å². The SMILES string of the molecule is C=CC(C(C(=O)OCCCCCCCCCCC)=C(c1ccccc1)c1ccccc1)(c1ccccc1)c1ccccc1. The van der Waals surface area contributed by atoms with Gasteiger partial charge in [0.25, 0.3) is 0 Å². The van der Waals surface area contributed by atoms with Gasteiger partial charge in [-0.1, -0.05) is 186 Å². The molecule has 0 saturated carbocycles. The van der Waals surface area contributed by atoms with Gasteiger partial charge in [-0.25, -0.2) is 4.79 Å². The topological polar surface area (TPSA) is 26.3 Å². The molecule has 0 spiro atoms. The molecule has 222 valence electrons. The molecule has 2 nitrogen and oxygen atoms in total. The lowest BCUT2D eigenvalue weighted by atomic mass is 9.66. The van der Waals surface area contributed by atoms with Crippen molar-refractivity contribution in [2.45, 2.75) is 70.1 Å². The summed E-state index contributed by atoms with van der Waals surface area (Å²) in [6.45, 7) is 7.02. The van der Waals surface area contributed by atoms with Crippen LogP contribution in [0.4, 0.5) is 0 Å². The maximum Gasteiger partial charge on any atom is 0.336 e. The highest BCUT2D eigenvalue weighted by molar-refractivity contribution is 6.05. The van der Waals surface area contributed by atoms with Crippen molar-refractivity contribution in [3.05, 3.63) is 162 Å². The maximum absolute atomic E-state index is 14.6. The van der Waals surface area contributed by atoms with Crippen molar-refractivity contribution >= 4 is 11.5 Å². The molecule has 0 aromatic heterocycles. The summed E-state index contributed by atoms with van der Waals surface area (Å²) in [5.41, 5.74) is 4.34. The summed E-state index contributed by atoms with van der Waals surface area (Å²) >= 11 is 0. The Morgan fingerprint density at radius 1 is 0.605 bits per heavy atom. The van der Waals surface area contributed by atoms with Crippen molar-refractivity contribution < 1.29 is 9.53 Å². The summed E-state index contributed by atoms with van der Waals surface area (Å²) in [5.74, 6) is -0.310. The maximum atomic E-state index is 14.6. The van der Waals surface area contributed by atoms with Crippen molar-refractivity contribution in [2.75, 3.05) is 6.61 Å². The van der Waals surface area contributed by atoms with E-state index in [0.29, 0.717) is 12.2 Å². The Kier molecular flexibility index (Phi) is 12.6. The third-order valence-electron chi connectivity index (χ3n) is 8.22.